The number of hydrogen-bond donors (Lipinski definition) is 1. The number of nitrogens with one attached hydrogen (secondary N) is 1. The molecule has 0 spiro atoms. The molecule has 40 heavy (non-hydrogen) atoms. The molecule has 3 aromatic rings. The molecule has 0 saturated carbocycles. The molecule has 214 valence electrons. The molecule has 0 saturated heterocycles. The number of rotatable bonds is 15. The van der Waals surface area contributed by atoms with E-state index in [4.69, 9.17) is 4.74 Å². The fraction of sp³-hybridized carbons (Fsp3) is 0.355. The Morgan fingerprint density at radius 3 is 2.12 bits per heavy atom. The van der Waals surface area contributed by atoms with Gasteiger partial charge in [-0.1, -0.05) is 61.9 Å². The minimum absolute atomic E-state index is 0.0359. The number of carbonyl (C=O) groups excluding carboxylic acids is 2. The number of ether oxygens (including phenoxy) is 1. The van der Waals surface area contributed by atoms with E-state index in [1.807, 2.05) is 44.2 Å². The van der Waals surface area contributed by atoms with Crippen LogP contribution in [-0.4, -0.2) is 57.4 Å². The number of anilines is 1. The number of benzene rings is 3. The van der Waals surface area contributed by atoms with Crippen molar-refractivity contribution in [2.75, 3.05) is 30.5 Å². The van der Waals surface area contributed by atoms with Crippen molar-refractivity contribution in [3.63, 3.8) is 0 Å². The van der Waals surface area contributed by atoms with Crippen LogP contribution >= 0.6 is 0 Å². The SMILES string of the molecule is CCCCNC(=O)[C@H](C)N(CCc1ccccc1)C(=O)CN(c1ccccc1)S(=O)(=O)c1ccc(OCC)cc1. The average Bonchev–Trinajstić information content (AvgIpc) is 2.97. The second kappa shape index (κ2) is 15.1. The second-order valence-corrected chi connectivity index (χ2v) is 11.3. The lowest BCUT2D eigenvalue weighted by Gasteiger charge is -2.32. The van der Waals surface area contributed by atoms with Crippen LogP contribution in [0.1, 0.15) is 39.2 Å². The van der Waals surface area contributed by atoms with Gasteiger partial charge in [0.1, 0.15) is 18.3 Å². The van der Waals surface area contributed by atoms with Crippen molar-refractivity contribution in [1.29, 1.82) is 0 Å². The number of nitrogens with zero attached hydrogens (tertiary/aromatic N) is 2. The van der Waals surface area contributed by atoms with Crippen LogP contribution in [0.4, 0.5) is 5.69 Å². The van der Waals surface area contributed by atoms with Gasteiger partial charge >= 0.3 is 0 Å². The molecule has 0 radical (unpaired) electrons. The zero-order valence-corrected chi connectivity index (χ0v) is 24.3. The monoisotopic (exact) mass is 565 g/mol. The minimum atomic E-state index is -4.12. The third-order valence-corrected chi connectivity index (χ3v) is 8.31. The van der Waals surface area contributed by atoms with Crippen LogP contribution in [-0.2, 0) is 26.0 Å². The van der Waals surface area contributed by atoms with Crippen LogP contribution in [0.2, 0.25) is 0 Å². The fourth-order valence-corrected chi connectivity index (χ4v) is 5.65. The third-order valence-electron chi connectivity index (χ3n) is 6.53. The van der Waals surface area contributed by atoms with E-state index in [1.165, 1.54) is 17.0 Å². The first-order chi connectivity index (χ1) is 19.3. The summed E-state index contributed by atoms with van der Waals surface area (Å²) in [6, 6.07) is 23.5. The zero-order valence-electron chi connectivity index (χ0n) is 23.5. The van der Waals surface area contributed by atoms with Crippen molar-refractivity contribution in [2.45, 2.75) is 51.0 Å². The van der Waals surface area contributed by atoms with Crippen LogP contribution in [0.5, 0.6) is 5.75 Å². The molecule has 9 heteroatoms. The van der Waals surface area contributed by atoms with Gasteiger partial charge in [0.05, 0.1) is 17.2 Å². The lowest BCUT2D eigenvalue weighted by Crippen LogP contribution is -2.52. The largest absolute Gasteiger partial charge is 0.494 e. The van der Waals surface area contributed by atoms with E-state index in [0.29, 0.717) is 31.0 Å². The van der Waals surface area contributed by atoms with Crippen LogP contribution in [0.15, 0.2) is 89.8 Å². The summed E-state index contributed by atoms with van der Waals surface area (Å²) in [6.07, 6.45) is 2.29. The average molecular weight is 566 g/mol. The van der Waals surface area contributed by atoms with E-state index in [9.17, 15) is 18.0 Å². The summed E-state index contributed by atoms with van der Waals surface area (Å²) in [5.74, 6) is -0.179. The molecule has 0 heterocycles. The fourth-order valence-electron chi connectivity index (χ4n) is 4.23. The lowest BCUT2D eigenvalue weighted by molar-refractivity contribution is -0.138. The molecule has 1 N–H and O–H groups in total. The summed E-state index contributed by atoms with van der Waals surface area (Å²) >= 11 is 0. The van der Waals surface area contributed by atoms with Crippen molar-refractivity contribution < 1.29 is 22.7 Å². The van der Waals surface area contributed by atoms with Crippen LogP contribution in [0.25, 0.3) is 0 Å². The van der Waals surface area contributed by atoms with Gasteiger partial charge in [-0.2, -0.15) is 0 Å². The van der Waals surface area contributed by atoms with Crippen LogP contribution in [0.3, 0.4) is 0 Å². The van der Waals surface area contributed by atoms with Gasteiger partial charge in [0.15, 0.2) is 0 Å². The van der Waals surface area contributed by atoms with Crippen molar-refractivity contribution in [3.8, 4) is 5.75 Å². The van der Waals surface area contributed by atoms with Crippen molar-refractivity contribution in [3.05, 3.63) is 90.5 Å². The molecule has 3 aromatic carbocycles. The topological polar surface area (TPSA) is 96.0 Å². The zero-order chi connectivity index (χ0) is 29.0. The first-order valence-corrected chi connectivity index (χ1v) is 15.1. The maximum atomic E-state index is 13.9. The number of amides is 2. The number of para-hydroxylation sites is 1. The Hall–Kier alpha value is -3.85. The van der Waals surface area contributed by atoms with Crippen molar-refractivity contribution in [2.24, 2.45) is 0 Å². The maximum Gasteiger partial charge on any atom is 0.264 e. The Labute approximate surface area is 238 Å². The normalized spacial score (nSPS) is 11.9. The quantitative estimate of drug-likeness (QED) is 0.271. The van der Waals surface area contributed by atoms with Gasteiger partial charge in [0.2, 0.25) is 11.8 Å². The highest BCUT2D eigenvalue weighted by Gasteiger charge is 2.32. The molecule has 0 aliphatic carbocycles. The predicted octanol–water partition coefficient (Wildman–Crippen LogP) is 4.66. The highest BCUT2D eigenvalue weighted by Crippen LogP contribution is 2.25. The van der Waals surface area contributed by atoms with Crippen LogP contribution < -0.4 is 14.4 Å². The van der Waals surface area contributed by atoms with E-state index in [0.717, 1.165) is 22.7 Å². The highest BCUT2D eigenvalue weighted by molar-refractivity contribution is 7.92. The van der Waals surface area contributed by atoms with Gasteiger partial charge in [-0.3, -0.25) is 13.9 Å². The highest BCUT2D eigenvalue weighted by atomic mass is 32.2. The molecule has 3 rings (SSSR count). The van der Waals surface area contributed by atoms with Gasteiger partial charge < -0.3 is 15.0 Å². The predicted molar refractivity (Wildman–Crippen MR) is 158 cm³/mol. The Balaban J connectivity index is 1.91. The molecular weight excluding hydrogens is 526 g/mol. The molecule has 0 unspecified atom stereocenters. The molecule has 0 aromatic heterocycles. The Bertz CT molecular complexity index is 1320. The number of carbonyl (C=O) groups is 2. The number of sulfonamides is 1. The molecule has 1 atom stereocenters. The van der Waals surface area contributed by atoms with E-state index in [2.05, 4.69) is 5.32 Å². The Morgan fingerprint density at radius 2 is 1.52 bits per heavy atom. The summed E-state index contributed by atoms with van der Waals surface area (Å²) in [6.45, 7) is 6.34. The Morgan fingerprint density at radius 1 is 0.900 bits per heavy atom. The first-order valence-electron chi connectivity index (χ1n) is 13.7. The number of unbranched alkanes of at least 4 members (excludes halogenated alkanes) is 1. The van der Waals surface area contributed by atoms with Gasteiger partial charge in [-0.25, -0.2) is 8.42 Å². The van der Waals surface area contributed by atoms with E-state index >= 15 is 0 Å². The molecule has 8 nitrogen and oxygen atoms in total. The summed E-state index contributed by atoms with van der Waals surface area (Å²) in [5.41, 5.74) is 1.37. The summed E-state index contributed by atoms with van der Waals surface area (Å²) in [5, 5.41) is 2.90. The smallest absolute Gasteiger partial charge is 0.264 e. The third kappa shape index (κ3) is 8.32. The van der Waals surface area contributed by atoms with Gasteiger partial charge in [0, 0.05) is 13.1 Å². The standard InChI is InChI=1S/C31H39N3O5S/c1-4-6-22-32-31(36)25(3)33(23-21-26-13-9-7-10-14-26)30(35)24-34(27-15-11-8-12-16-27)40(37,38)29-19-17-28(18-20-29)39-5-2/h7-20,25H,4-6,21-24H2,1-3H3,(H,32,36)/t25-/m0/s1. The number of hydrogen-bond acceptors (Lipinski definition) is 5. The molecule has 0 aliphatic heterocycles. The van der Waals surface area contributed by atoms with Gasteiger partial charge in [-0.15, -0.1) is 0 Å². The van der Waals surface area contributed by atoms with Crippen LogP contribution in [0, 0.1) is 0 Å². The Kier molecular flexibility index (Phi) is 11.6. The first kappa shape index (κ1) is 30.7. The van der Waals surface area contributed by atoms with E-state index in [-0.39, 0.29) is 17.3 Å². The summed E-state index contributed by atoms with van der Waals surface area (Å²) in [4.78, 5) is 28.4. The minimum Gasteiger partial charge on any atom is -0.494 e. The maximum absolute atomic E-state index is 13.9. The van der Waals surface area contributed by atoms with E-state index < -0.39 is 28.5 Å². The second-order valence-electron chi connectivity index (χ2n) is 9.39. The van der Waals surface area contributed by atoms with Crippen molar-refractivity contribution in [1.82, 2.24) is 10.2 Å². The molecule has 0 aliphatic rings. The molecule has 0 bridgehead atoms. The molecule has 0 fully saturated rings. The van der Waals surface area contributed by atoms with Crippen molar-refractivity contribution >= 4 is 27.5 Å². The summed E-state index contributed by atoms with van der Waals surface area (Å²) in [7, 11) is -4.12. The van der Waals surface area contributed by atoms with Gasteiger partial charge in [0.25, 0.3) is 10.0 Å². The van der Waals surface area contributed by atoms with E-state index in [1.54, 1.807) is 49.4 Å². The molecular formula is C31H39N3O5S. The molecule has 2 amide bonds. The van der Waals surface area contributed by atoms with Gasteiger partial charge in [-0.05, 0) is 68.7 Å². The summed E-state index contributed by atoms with van der Waals surface area (Å²) < 4.78 is 34.3. The lowest BCUT2D eigenvalue weighted by atomic mass is 10.1.